The molecule has 1 amide bonds. The molecular weight excluding hydrogens is 393 g/mol. The van der Waals surface area contributed by atoms with Crippen molar-refractivity contribution >= 4 is 33.2 Å². The van der Waals surface area contributed by atoms with E-state index in [4.69, 9.17) is 0 Å². The number of carbonyl (C=O) groups excluding carboxylic acids is 2. The van der Waals surface area contributed by atoms with Gasteiger partial charge in [-0.05, 0) is 49.5 Å². The van der Waals surface area contributed by atoms with Crippen molar-refractivity contribution < 1.29 is 14.0 Å². The standard InChI is InChI=1S/C21H20FN3O3S/c1-23-8-10-24(11-9-23)19(26)13-25-17-7-4-15(12-18(17)29-21(25)28)20(27)14-2-5-16(22)6-3-14/h2-7,12H,8-11,13H2,1H3. The lowest BCUT2D eigenvalue weighted by Crippen LogP contribution is -2.48. The zero-order valence-electron chi connectivity index (χ0n) is 15.9. The minimum Gasteiger partial charge on any atom is -0.339 e. The molecule has 2 aromatic carbocycles. The molecule has 1 aromatic heterocycles. The number of likely N-dealkylation sites (N-methyl/N-ethyl adjacent to an activating group) is 1. The molecule has 0 N–H and O–H groups in total. The van der Waals surface area contributed by atoms with Crippen molar-refractivity contribution in [2.75, 3.05) is 33.2 Å². The average Bonchev–Trinajstić information content (AvgIpc) is 3.03. The maximum absolute atomic E-state index is 13.1. The minimum absolute atomic E-state index is 0.00615. The summed E-state index contributed by atoms with van der Waals surface area (Å²) in [5, 5.41) is 0. The number of benzene rings is 2. The summed E-state index contributed by atoms with van der Waals surface area (Å²) >= 11 is 1.01. The van der Waals surface area contributed by atoms with E-state index < -0.39 is 5.82 Å². The molecule has 1 saturated heterocycles. The molecule has 8 heteroatoms. The van der Waals surface area contributed by atoms with Crippen LogP contribution in [-0.2, 0) is 11.3 Å². The molecule has 2 heterocycles. The Morgan fingerprint density at radius 2 is 1.66 bits per heavy atom. The smallest absolute Gasteiger partial charge is 0.308 e. The molecule has 1 aliphatic heterocycles. The highest BCUT2D eigenvalue weighted by molar-refractivity contribution is 7.16. The van der Waals surface area contributed by atoms with Crippen molar-refractivity contribution in [2.24, 2.45) is 0 Å². The number of hydrogen-bond acceptors (Lipinski definition) is 5. The van der Waals surface area contributed by atoms with Gasteiger partial charge < -0.3 is 9.80 Å². The van der Waals surface area contributed by atoms with Crippen molar-refractivity contribution in [3.63, 3.8) is 0 Å². The molecule has 1 fully saturated rings. The molecule has 1 aliphatic rings. The monoisotopic (exact) mass is 413 g/mol. The fraction of sp³-hybridized carbons (Fsp3) is 0.286. The average molecular weight is 413 g/mol. The van der Waals surface area contributed by atoms with Gasteiger partial charge in [-0.3, -0.25) is 19.0 Å². The Labute approximate surface area is 170 Å². The summed E-state index contributed by atoms with van der Waals surface area (Å²) < 4.78 is 15.2. The van der Waals surface area contributed by atoms with Gasteiger partial charge in [-0.2, -0.15) is 0 Å². The van der Waals surface area contributed by atoms with E-state index >= 15 is 0 Å². The Kier molecular flexibility index (Phi) is 5.29. The van der Waals surface area contributed by atoms with E-state index in [1.54, 1.807) is 23.1 Å². The predicted molar refractivity (Wildman–Crippen MR) is 110 cm³/mol. The van der Waals surface area contributed by atoms with Crippen molar-refractivity contribution in [1.29, 1.82) is 0 Å². The Balaban J connectivity index is 1.58. The lowest BCUT2D eigenvalue weighted by molar-refractivity contribution is -0.133. The first-order chi connectivity index (χ1) is 13.9. The van der Waals surface area contributed by atoms with E-state index in [2.05, 4.69) is 4.90 Å². The van der Waals surface area contributed by atoms with Gasteiger partial charge in [0.1, 0.15) is 12.4 Å². The van der Waals surface area contributed by atoms with Gasteiger partial charge in [0, 0.05) is 37.3 Å². The fourth-order valence-electron chi connectivity index (χ4n) is 3.42. The third-order valence-electron chi connectivity index (χ3n) is 5.19. The molecule has 0 spiro atoms. The van der Waals surface area contributed by atoms with Gasteiger partial charge in [-0.1, -0.05) is 11.3 Å². The number of halogens is 1. The Hall–Kier alpha value is -2.84. The predicted octanol–water partition coefficient (Wildman–Crippen LogP) is 2.21. The first kappa shape index (κ1) is 19.5. The SMILES string of the molecule is CN1CCN(C(=O)Cn2c(=O)sc3cc(C(=O)c4ccc(F)cc4)ccc32)CC1. The summed E-state index contributed by atoms with van der Waals surface area (Å²) in [5.41, 5.74) is 1.43. The second-order valence-corrected chi connectivity index (χ2v) is 8.15. The summed E-state index contributed by atoms with van der Waals surface area (Å²) in [6.07, 6.45) is 0. The van der Waals surface area contributed by atoms with Crippen molar-refractivity contribution in [2.45, 2.75) is 6.54 Å². The number of ketones is 1. The zero-order chi connectivity index (χ0) is 20.5. The first-order valence-electron chi connectivity index (χ1n) is 9.32. The van der Waals surface area contributed by atoms with E-state index in [0.717, 1.165) is 24.4 Å². The van der Waals surface area contributed by atoms with Crippen LogP contribution >= 0.6 is 11.3 Å². The first-order valence-corrected chi connectivity index (χ1v) is 10.1. The van der Waals surface area contributed by atoms with Crippen LogP contribution in [0.25, 0.3) is 10.2 Å². The molecule has 29 heavy (non-hydrogen) atoms. The van der Waals surface area contributed by atoms with Gasteiger partial charge in [0.2, 0.25) is 5.91 Å². The van der Waals surface area contributed by atoms with E-state index in [9.17, 15) is 18.8 Å². The Bertz CT molecular complexity index is 1130. The Morgan fingerprint density at radius 3 is 2.34 bits per heavy atom. The van der Waals surface area contributed by atoms with E-state index in [-0.39, 0.29) is 23.1 Å². The third-order valence-corrected chi connectivity index (χ3v) is 6.13. The number of amides is 1. The normalized spacial score (nSPS) is 15.0. The summed E-state index contributed by atoms with van der Waals surface area (Å²) in [4.78, 5) is 41.4. The number of fused-ring (bicyclic) bond motifs is 1. The van der Waals surface area contributed by atoms with E-state index in [1.807, 2.05) is 7.05 Å². The number of thiazole rings is 1. The molecule has 0 bridgehead atoms. The van der Waals surface area contributed by atoms with Crippen LogP contribution in [0, 0.1) is 5.82 Å². The fourth-order valence-corrected chi connectivity index (χ4v) is 4.35. The van der Waals surface area contributed by atoms with Crippen LogP contribution in [0.2, 0.25) is 0 Å². The highest BCUT2D eigenvalue weighted by Gasteiger charge is 2.21. The van der Waals surface area contributed by atoms with Crippen molar-refractivity contribution in [3.8, 4) is 0 Å². The lowest BCUT2D eigenvalue weighted by Gasteiger charge is -2.32. The van der Waals surface area contributed by atoms with Gasteiger partial charge in [-0.15, -0.1) is 0 Å². The van der Waals surface area contributed by atoms with Crippen LogP contribution in [0.4, 0.5) is 4.39 Å². The Morgan fingerprint density at radius 1 is 1.00 bits per heavy atom. The highest BCUT2D eigenvalue weighted by atomic mass is 32.1. The zero-order valence-corrected chi connectivity index (χ0v) is 16.7. The minimum atomic E-state index is -0.405. The summed E-state index contributed by atoms with van der Waals surface area (Å²) in [6.45, 7) is 2.94. The van der Waals surface area contributed by atoms with Crippen molar-refractivity contribution in [3.05, 3.63) is 69.1 Å². The molecule has 150 valence electrons. The molecule has 4 rings (SSSR count). The summed E-state index contributed by atoms with van der Waals surface area (Å²) in [7, 11) is 2.02. The van der Waals surface area contributed by atoms with Crippen LogP contribution in [0.3, 0.4) is 0 Å². The molecule has 0 radical (unpaired) electrons. The van der Waals surface area contributed by atoms with Crippen LogP contribution < -0.4 is 4.87 Å². The summed E-state index contributed by atoms with van der Waals surface area (Å²) in [5.74, 6) is -0.725. The second-order valence-electron chi connectivity index (χ2n) is 7.16. The van der Waals surface area contributed by atoms with Crippen molar-refractivity contribution in [1.82, 2.24) is 14.4 Å². The van der Waals surface area contributed by atoms with E-state index in [0.29, 0.717) is 34.4 Å². The molecule has 0 aliphatic carbocycles. The van der Waals surface area contributed by atoms with Gasteiger partial charge in [-0.25, -0.2) is 4.39 Å². The summed E-state index contributed by atoms with van der Waals surface area (Å²) in [6, 6.07) is 10.3. The lowest BCUT2D eigenvalue weighted by atomic mass is 10.0. The molecule has 6 nitrogen and oxygen atoms in total. The number of aromatic nitrogens is 1. The molecular formula is C21H20FN3O3S. The quantitative estimate of drug-likeness (QED) is 0.616. The van der Waals surface area contributed by atoms with Gasteiger partial charge >= 0.3 is 4.87 Å². The number of hydrogen-bond donors (Lipinski definition) is 0. The van der Waals surface area contributed by atoms with Crippen LogP contribution in [0.5, 0.6) is 0 Å². The number of piperazine rings is 1. The van der Waals surface area contributed by atoms with E-state index in [1.165, 1.54) is 28.8 Å². The molecule has 3 aromatic rings. The largest absolute Gasteiger partial charge is 0.339 e. The maximum Gasteiger partial charge on any atom is 0.308 e. The second kappa shape index (κ2) is 7.88. The van der Waals surface area contributed by atoms with Gasteiger partial charge in [0.05, 0.1) is 10.2 Å². The topological polar surface area (TPSA) is 62.6 Å². The number of rotatable bonds is 4. The molecule has 0 saturated carbocycles. The number of carbonyl (C=O) groups is 2. The van der Waals surface area contributed by atoms with Gasteiger partial charge in [0.25, 0.3) is 0 Å². The van der Waals surface area contributed by atoms with Gasteiger partial charge in [0.15, 0.2) is 5.78 Å². The van der Waals surface area contributed by atoms with Crippen LogP contribution in [-0.4, -0.2) is 59.3 Å². The van der Waals surface area contributed by atoms with Crippen LogP contribution in [0.15, 0.2) is 47.3 Å². The molecule has 0 unspecified atom stereocenters. The number of nitrogens with zero attached hydrogens (tertiary/aromatic N) is 3. The molecule has 0 atom stereocenters. The van der Waals surface area contributed by atoms with Crippen LogP contribution in [0.1, 0.15) is 15.9 Å². The highest BCUT2D eigenvalue weighted by Crippen LogP contribution is 2.21. The maximum atomic E-state index is 13.1. The third kappa shape index (κ3) is 3.99.